The highest BCUT2D eigenvalue weighted by Gasteiger charge is 2.68. The fraction of sp³-hybridized carbons (Fsp3) is 0.600. The van der Waals surface area contributed by atoms with Gasteiger partial charge in [-0.05, 0) is 0 Å². The van der Waals surface area contributed by atoms with Gasteiger partial charge in [0.15, 0.2) is 0 Å². The maximum absolute atomic E-state index is 12.2. The van der Waals surface area contributed by atoms with Gasteiger partial charge in [0.05, 0.1) is 7.11 Å². The number of rotatable bonds is 3. The minimum atomic E-state index is -5.69. The third kappa shape index (κ3) is 1.76. The molecule has 0 heterocycles. The molecule has 0 aliphatic heterocycles. The van der Waals surface area contributed by atoms with E-state index in [0.29, 0.717) is 7.11 Å². The van der Waals surface area contributed by atoms with Crippen molar-refractivity contribution < 1.29 is 36.3 Å². The molecule has 0 spiro atoms. The summed E-state index contributed by atoms with van der Waals surface area (Å²) in [6.45, 7) is 0. The second-order valence-corrected chi connectivity index (χ2v) is 1.91. The summed E-state index contributed by atoms with van der Waals surface area (Å²) >= 11 is 0. The topological polar surface area (TPSA) is 43.4 Å². The highest BCUT2D eigenvalue weighted by molar-refractivity contribution is 5.89. The molecular formula is C5H3F5O3. The molecule has 3 nitrogen and oxygen atoms in total. The average molecular weight is 206 g/mol. The first kappa shape index (κ1) is 11.8. The van der Waals surface area contributed by atoms with E-state index in [1.54, 1.807) is 0 Å². The van der Waals surface area contributed by atoms with Gasteiger partial charge >= 0.3 is 23.9 Å². The van der Waals surface area contributed by atoms with Gasteiger partial charge in [-0.1, -0.05) is 0 Å². The second-order valence-electron chi connectivity index (χ2n) is 1.91. The molecular weight excluding hydrogens is 203 g/mol. The highest BCUT2D eigenvalue weighted by atomic mass is 19.3. The predicted molar refractivity (Wildman–Crippen MR) is 28.0 cm³/mol. The Bertz CT molecular complexity index is 236. The van der Waals surface area contributed by atoms with Crippen LogP contribution in [0.5, 0.6) is 0 Å². The summed E-state index contributed by atoms with van der Waals surface area (Å²) in [6.07, 6.45) is 0. The number of hydrogen-bond acceptors (Lipinski definition) is 3. The zero-order chi connectivity index (χ0) is 10.9. The molecule has 0 amide bonds. The van der Waals surface area contributed by atoms with Crippen molar-refractivity contribution in [1.29, 1.82) is 0 Å². The van der Waals surface area contributed by atoms with Crippen molar-refractivity contribution in [2.75, 3.05) is 7.11 Å². The highest BCUT2D eigenvalue weighted by Crippen LogP contribution is 2.36. The Kier molecular flexibility index (Phi) is 2.96. The monoisotopic (exact) mass is 206 g/mol. The number of alkyl halides is 4. The third-order valence-corrected chi connectivity index (χ3v) is 1.08. The first-order valence-electron chi connectivity index (χ1n) is 2.72. The van der Waals surface area contributed by atoms with Crippen molar-refractivity contribution in [2.45, 2.75) is 11.8 Å². The van der Waals surface area contributed by atoms with Crippen LogP contribution in [0.4, 0.5) is 22.0 Å². The fourth-order valence-electron chi connectivity index (χ4n) is 0.380. The van der Waals surface area contributed by atoms with Gasteiger partial charge in [0.25, 0.3) is 0 Å². The summed E-state index contributed by atoms with van der Waals surface area (Å²) in [4.78, 5) is 19.4. The van der Waals surface area contributed by atoms with Gasteiger partial charge in [0.1, 0.15) is 0 Å². The molecule has 13 heavy (non-hydrogen) atoms. The number of halogens is 5. The first-order chi connectivity index (χ1) is 5.67. The molecule has 0 radical (unpaired) electrons. The second kappa shape index (κ2) is 3.27. The summed E-state index contributed by atoms with van der Waals surface area (Å²) in [5, 5.41) is 0. The molecule has 0 rings (SSSR count). The lowest BCUT2D eigenvalue weighted by Gasteiger charge is -2.19. The third-order valence-electron chi connectivity index (χ3n) is 1.08. The van der Waals surface area contributed by atoms with Gasteiger partial charge in [0.2, 0.25) is 0 Å². The Balaban J connectivity index is 5.02. The molecule has 0 N–H and O–H groups in total. The number of hydrogen-bond donors (Lipinski definition) is 0. The minimum Gasteiger partial charge on any atom is -0.464 e. The molecule has 0 unspecified atom stereocenters. The molecule has 8 heteroatoms. The standard InChI is InChI=1S/C5H3F5O3/c1-13-3(12)5(9,10)4(7,8)2(6)11/h1H3. The summed E-state index contributed by atoms with van der Waals surface area (Å²) < 4.78 is 63.0. The van der Waals surface area contributed by atoms with Crippen LogP contribution in [-0.4, -0.2) is 31.0 Å². The van der Waals surface area contributed by atoms with Crippen LogP contribution in [0.3, 0.4) is 0 Å². The van der Waals surface area contributed by atoms with Crippen LogP contribution in [0.2, 0.25) is 0 Å². The zero-order valence-electron chi connectivity index (χ0n) is 6.11. The minimum absolute atomic E-state index is 0.398. The quantitative estimate of drug-likeness (QED) is 0.392. The molecule has 0 aliphatic rings. The maximum atomic E-state index is 12.2. The van der Waals surface area contributed by atoms with Gasteiger partial charge in [0, 0.05) is 0 Å². The number of ether oxygens (including phenoxy) is 1. The molecule has 0 saturated heterocycles. The molecule has 0 fully saturated rings. The molecule has 0 aliphatic carbocycles. The molecule has 0 aromatic rings. The summed E-state index contributed by atoms with van der Waals surface area (Å²) in [6, 6.07) is -3.59. The van der Waals surface area contributed by atoms with Crippen molar-refractivity contribution in [3.05, 3.63) is 0 Å². The van der Waals surface area contributed by atoms with E-state index in [2.05, 4.69) is 4.74 Å². The summed E-state index contributed by atoms with van der Waals surface area (Å²) in [5.74, 6) is -13.9. The van der Waals surface area contributed by atoms with E-state index in [-0.39, 0.29) is 0 Å². The fourth-order valence-corrected chi connectivity index (χ4v) is 0.380. The van der Waals surface area contributed by atoms with Crippen molar-refractivity contribution in [1.82, 2.24) is 0 Å². The predicted octanol–water partition coefficient (Wildman–Crippen LogP) is 0.926. The summed E-state index contributed by atoms with van der Waals surface area (Å²) in [5.41, 5.74) is 0. The number of carbonyl (C=O) groups excluding carboxylic acids is 2. The Labute approximate surface area is 68.5 Å². The lowest BCUT2D eigenvalue weighted by molar-refractivity contribution is -0.228. The molecule has 0 bridgehead atoms. The average Bonchev–Trinajstić information content (AvgIpc) is 2.02. The molecule has 0 saturated carbocycles. The van der Waals surface area contributed by atoms with Gasteiger partial charge in [-0.2, -0.15) is 22.0 Å². The number of esters is 1. The van der Waals surface area contributed by atoms with E-state index in [1.807, 2.05) is 0 Å². The number of methoxy groups -OCH3 is 1. The van der Waals surface area contributed by atoms with E-state index in [0.717, 1.165) is 0 Å². The van der Waals surface area contributed by atoms with Crippen LogP contribution < -0.4 is 0 Å². The van der Waals surface area contributed by atoms with E-state index < -0.39 is 23.9 Å². The zero-order valence-corrected chi connectivity index (χ0v) is 6.11. The largest absolute Gasteiger partial charge is 0.464 e. The molecule has 76 valence electrons. The smallest absolute Gasteiger partial charge is 0.414 e. The van der Waals surface area contributed by atoms with E-state index >= 15 is 0 Å². The van der Waals surface area contributed by atoms with Crippen LogP contribution in [0.25, 0.3) is 0 Å². The maximum Gasteiger partial charge on any atom is 0.414 e. The Hall–Kier alpha value is -1.21. The summed E-state index contributed by atoms with van der Waals surface area (Å²) in [7, 11) is 0.398. The van der Waals surface area contributed by atoms with Gasteiger partial charge in [-0.3, -0.25) is 4.79 Å². The molecule has 0 aromatic heterocycles. The Morgan fingerprint density at radius 1 is 1.08 bits per heavy atom. The van der Waals surface area contributed by atoms with Crippen LogP contribution in [0, 0.1) is 0 Å². The lowest BCUT2D eigenvalue weighted by atomic mass is 10.2. The first-order valence-corrected chi connectivity index (χ1v) is 2.72. The van der Waals surface area contributed by atoms with Crippen molar-refractivity contribution in [2.24, 2.45) is 0 Å². The van der Waals surface area contributed by atoms with Crippen molar-refractivity contribution >= 4 is 12.0 Å². The van der Waals surface area contributed by atoms with Gasteiger partial charge < -0.3 is 4.74 Å². The van der Waals surface area contributed by atoms with Crippen LogP contribution in [0.1, 0.15) is 0 Å². The normalized spacial score (nSPS) is 12.5. The SMILES string of the molecule is COC(=O)C(F)(F)C(F)(F)C(=O)F. The van der Waals surface area contributed by atoms with Crippen LogP contribution in [0.15, 0.2) is 0 Å². The van der Waals surface area contributed by atoms with E-state index in [4.69, 9.17) is 0 Å². The molecule has 0 aromatic carbocycles. The van der Waals surface area contributed by atoms with Gasteiger partial charge in [-0.15, -0.1) is 0 Å². The van der Waals surface area contributed by atoms with Crippen molar-refractivity contribution in [3.8, 4) is 0 Å². The Morgan fingerprint density at radius 2 is 1.46 bits per heavy atom. The number of carbonyl (C=O) groups is 2. The van der Waals surface area contributed by atoms with Crippen molar-refractivity contribution in [3.63, 3.8) is 0 Å². The van der Waals surface area contributed by atoms with E-state index in [1.165, 1.54) is 0 Å². The van der Waals surface area contributed by atoms with Gasteiger partial charge in [-0.25, -0.2) is 4.79 Å². The Morgan fingerprint density at radius 3 is 1.69 bits per heavy atom. The van der Waals surface area contributed by atoms with E-state index in [9.17, 15) is 31.5 Å². The van der Waals surface area contributed by atoms with Crippen LogP contribution in [-0.2, 0) is 14.3 Å². The lowest BCUT2D eigenvalue weighted by Crippen LogP contribution is -2.51. The molecule has 0 atom stereocenters. The van der Waals surface area contributed by atoms with Crippen LogP contribution >= 0.6 is 0 Å².